The molecule has 1 aliphatic carbocycles. The van der Waals surface area contributed by atoms with E-state index in [1.807, 2.05) is 30.3 Å². The molecule has 3 aromatic rings. The smallest absolute Gasteiger partial charge is 0.352 e. The van der Waals surface area contributed by atoms with Crippen LogP contribution in [0.15, 0.2) is 83.8 Å². The van der Waals surface area contributed by atoms with Crippen LogP contribution in [-0.2, 0) is 32.2 Å². The van der Waals surface area contributed by atoms with Crippen molar-refractivity contribution in [3.63, 3.8) is 0 Å². The molecule has 0 spiro atoms. The number of hydrogen-bond donors (Lipinski definition) is 1. The van der Waals surface area contributed by atoms with Crippen LogP contribution in [0.25, 0.3) is 0 Å². The van der Waals surface area contributed by atoms with Crippen molar-refractivity contribution in [1.82, 2.24) is 10.2 Å². The minimum atomic E-state index is -4.87. The number of nitrogens with zero attached hydrogens (tertiary/aromatic N) is 2. The SMILES string of the molecule is CCC(C(=O)NC1CCCCC1)N(CCc1ccccc1)C(=O)CN(c1ccc(Cl)c(C(F)(F)F)c1)S(=O)(=O)c1ccccc1. The monoisotopic (exact) mass is 663 g/mol. The van der Waals surface area contributed by atoms with Crippen molar-refractivity contribution in [3.05, 3.63) is 95.0 Å². The maximum absolute atomic E-state index is 14.2. The first-order chi connectivity index (χ1) is 21.4. The van der Waals surface area contributed by atoms with Gasteiger partial charge in [0.2, 0.25) is 11.8 Å². The molecule has 1 N–H and O–H groups in total. The highest BCUT2D eigenvalue weighted by Gasteiger charge is 2.37. The summed E-state index contributed by atoms with van der Waals surface area (Å²) in [6.07, 6.45) is 0.511. The number of carbonyl (C=O) groups excluding carboxylic acids is 2. The summed E-state index contributed by atoms with van der Waals surface area (Å²) in [6, 6.07) is 18.2. The first kappa shape index (κ1) is 34.3. The standard InChI is InChI=1S/C33H37ClF3N3O4S/c1-2-30(32(42)38-25-14-8-4-9-15-25)39(21-20-24-12-6-3-7-13-24)31(41)23-40(45(43,44)27-16-10-5-11-17-27)26-18-19-29(34)28(22-26)33(35,36)37/h3,5-7,10-13,16-19,22,25,30H,2,4,8-9,14-15,20-21,23H2,1H3,(H,38,42). The lowest BCUT2D eigenvalue weighted by Crippen LogP contribution is -2.54. The molecule has 1 unspecified atom stereocenters. The topological polar surface area (TPSA) is 86.8 Å². The van der Waals surface area contributed by atoms with Gasteiger partial charge in [0.15, 0.2) is 0 Å². The number of carbonyl (C=O) groups is 2. The van der Waals surface area contributed by atoms with Crippen LogP contribution in [0.5, 0.6) is 0 Å². The number of benzene rings is 3. The summed E-state index contributed by atoms with van der Waals surface area (Å²) in [5.74, 6) is -1.06. The quantitative estimate of drug-likeness (QED) is 0.230. The predicted octanol–water partition coefficient (Wildman–Crippen LogP) is 6.85. The summed E-state index contributed by atoms with van der Waals surface area (Å²) in [6.45, 7) is 1.02. The number of sulfonamides is 1. The lowest BCUT2D eigenvalue weighted by molar-refractivity contribution is -0.140. The second-order valence-corrected chi connectivity index (χ2v) is 13.3. The van der Waals surface area contributed by atoms with E-state index in [1.54, 1.807) is 13.0 Å². The average Bonchev–Trinajstić information content (AvgIpc) is 3.03. The molecule has 1 aliphatic rings. The molecule has 12 heteroatoms. The molecule has 1 saturated carbocycles. The Labute approximate surface area is 267 Å². The number of halogens is 4. The van der Waals surface area contributed by atoms with Crippen molar-refractivity contribution < 1.29 is 31.2 Å². The first-order valence-corrected chi connectivity index (χ1v) is 16.8. The molecule has 0 bridgehead atoms. The molecule has 2 amide bonds. The summed E-state index contributed by atoms with van der Waals surface area (Å²) < 4.78 is 70.0. The molecule has 0 heterocycles. The van der Waals surface area contributed by atoms with Crippen LogP contribution in [0.3, 0.4) is 0 Å². The van der Waals surface area contributed by atoms with Gasteiger partial charge in [-0.3, -0.25) is 13.9 Å². The summed E-state index contributed by atoms with van der Waals surface area (Å²) in [7, 11) is -4.53. The van der Waals surface area contributed by atoms with Crippen LogP contribution in [0.2, 0.25) is 5.02 Å². The van der Waals surface area contributed by atoms with E-state index in [2.05, 4.69) is 5.32 Å². The zero-order chi connectivity index (χ0) is 32.6. The Hall–Kier alpha value is -3.57. The molecule has 4 rings (SSSR count). The maximum Gasteiger partial charge on any atom is 0.417 e. The number of alkyl halides is 3. The van der Waals surface area contributed by atoms with Crippen molar-refractivity contribution in [2.75, 3.05) is 17.4 Å². The molecule has 1 fully saturated rings. The maximum atomic E-state index is 14.2. The molecule has 3 aromatic carbocycles. The minimum Gasteiger partial charge on any atom is -0.352 e. The summed E-state index contributed by atoms with van der Waals surface area (Å²) in [5.41, 5.74) is -0.715. The Morgan fingerprint density at radius 3 is 2.18 bits per heavy atom. The second-order valence-electron chi connectivity index (χ2n) is 11.1. The predicted molar refractivity (Wildman–Crippen MR) is 168 cm³/mol. The fourth-order valence-electron chi connectivity index (χ4n) is 5.57. The van der Waals surface area contributed by atoms with Gasteiger partial charge in [-0.2, -0.15) is 13.2 Å². The third-order valence-electron chi connectivity index (χ3n) is 7.98. The van der Waals surface area contributed by atoms with Crippen molar-refractivity contribution in [3.8, 4) is 0 Å². The third-order valence-corrected chi connectivity index (χ3v) is 10.1. The fraction of sp³-hybridized carbons (Fsp3) is 0.394. The Kier molecular flexibility index (Phi) is 11.5. The lowest BCUT2D eigenvalue weighted by Gasteiger charge is -2.34. The van der Waals surface area contributed by atoms with E-state index < -0.39 is 45.3 Å². The molecule has 0 aromatic heterocycles. The number of hydrogen-bond acceptors (Lipinski definition) is 4. The van der Waals surface area contributed by atoms with Gasteiger partial charge in [0.05, 0.1) is 21.2 Å². The van der Waals surface area contributed by atoms with Gasteiger partial charge in [0, 0.05) is 12.6 Å². The lowest BCUT2D eigenvalue weighted by atomic mass is 9.95. The van der Waals surface area contributed by atoms with E-state index in [9.17, 15) is 31.2 Å². The third kappa shape index (κ3) is 8.79. The Balaban J connectivity index is 1.72. The highest BCUT2D eigenvalue weighted by Crippen LogP contribution is 2.38. The highest BCUT2D eigenvalue weighted by atomic mass is 35.5. The number of anilines is 1. The normalized spacial score (nSPS) is 14.9. The van der Waals surface area contributed by atoms with E-state index in [0.717, 1.165) is 49.8 Å². The van der Waals surface area contributed by atoms with E-state index in [1.165, 1.54) is 29.2 Å². The molecule has 0 aliphatic heterocycles. The Morgan fingerprint density at radius 1 is 0.956 bits per heavy atom. The van der Waals surface area contributed by atoms with Crippen molar-refractivity contribution in [1.29, 1.82) is 0 Å². The van der Waals surface area contributed by atoms with Gasteiger partial charge < -0.3 is 10.2 Å². The first-order valence-electron chi connectivity index (χ1n) is 15.0. The second kappa shape index (κ2) is 15.1. The molecule has 242 valence electrons. The molecular formula is C33H37ClF3N3O4S. The molecular weight excluding hydrogens is 627 g/mol. The van der Waals surface area contributed by atoms with Crippen LogP contribution in [0.4, 0.5) is 18.9 Å². The van der Waals surface area contributed by atoms with Gasteiger partial charge in [0.25, 0.3) is 10.0 Å². The van der Waals surface area contributed by atoms with Crippen LogP contribution < -0.4 is 9.62 Å². The van der Waals surface area contributed by atoms with Crippen molar-refractivity contribution in [2.24, 2.45) is 0 Å². The van der Waals surface area contributed by atoms with Crippen molar-refractivity contribution in [2.45, 2.75) is 75.0 Å². The largest absolute Gasteiger partial charge is 0.417 e. The summed E-state index contributed by atoms with van der Waals surface area (Å²) in [4.78, 5) is 28.9. The Morgan fingerprint density at radius 2 is 1.58 bits per heavy atom. The van der Waals surface area contributed by atoms with Gasteiger partial charge in [0.1, 0.15) is 12.6 Å². The summed E-state index contributed by atoms with van der Waals surface area (Å²) >= 11 is 5.84. The number of amides is 2. The summed E-state index contributed by atoms with van der Waals surface area (Å²) in [5, 5.41) is 2.46. The fourth-order valence-corrected chi connectivity index (χ4v) is 7.23. The van der Waals surface area contributed by atoms with E-state index in [0.29, 0.717) is 16.8 Å². The van der Waals surface area contributed by atoms with Crippen LogP contribution in [0, 0.1) is 0 Å². The van der Waals surface area contributed by atoms with Gasteiger partial charge in [-0.15, -0.1) is 0 Å². The average molecular weight is 664 g/mol. The van der Waals surface area contributed by atoms with Gasteiger partial charge >= 0.3 is 6.18 Å². The highest BCUT2D eigenvalue weighted by molar-refractivity contribution is 7.92. The number of nitrogens with one attached hydrogen (secondary N) is 1. The molecule has 0 saturated heterocycles. The van der Waals surface area contributed by atoms with Gasteiger partial charge in [-0.1, -0.05) is 86.3 Å². The van der Waals surface area contributed by atoms with Gasteiger partial charge in [-0.25, -0.2) is 8.42 Å². The molecule has 45 heavy (non-hydrogen) atoms. The van der Waals surface area contributed by atoms with E-state index >= 15 is 0 Å². The molecule has 7 nitrogen and oxygen atoms in total. The number of rotatable bonds is 12. The van der Waals surface area contributed by atoms with E-state index in [4.69, 9.17) is 11.6 Å². The Bertz CT molecular complexity index is 1550. The van der Waals surface area contributed by atoms with Crippen LogP contribution in [0.1, 0.15) is 56.6 Å². The van der Waals surface area contributed by atoms with Gasteiger partial charge in [-0.05, 0) is 61.6 Å². The minimum absolute atomic E-state index is 0.0174. The zero-order valence-electron chi connectivity index (χ0n) is 25.0. The molecule has 1 atom stereocenters. The van der Waals surface area contributed by atoms with Crippen molar-refractivity contribution >= 4 is 39.1 Å². The van der Waals surface area contributed by atoms with Crippen LogP contribution in [-0.4, -0.2) is 50.3 Å². The molecule has 0 radical (unpaired) electrons. The van der Waals surface area contributed by atoms with E-state index in [-0.39, 0.29) is 35.5 Å². The zero-order valence-corrected chi connectivity index (χ0v) is 26.5. The van der Waals surface area contributed by atoms with Crippen LogP contribution >= 0.6 is 11.6 Å².